The van der Waals surface area contributed by atoms with Crippen molar-refractivity contribution in [3.05, 3.63) is 39.9 Å². The molecule has 1 aromatic carbocycles. The van der Waals surface area contributed by atoms with Crippen LogP contribution < -0.4 is 0 Å². The van der Waals surface area contributed by atoms with Gasteiger partial charge in [-0.1, -0.05) is 18.2 Å². The lowest BCUT2D eigenvalue weighted by atomic mass is 10.1. The Bertz CT molecular complexity index is 336. The normalized spacial score (nSPS) is 10.5. The Balaban J connectivity index is 2.97. The van der Waals surface area contributed by atoms with Gasteiger partial charge in [0.25, 0.3) is 5.69 Å². The van der Waals surface area contributed by atoms with Crippen molar-refractivity contribution in [2.75, 3.05) is 0 Å². The second kappa shape index (κ2) is 4.20. The van der Waals surface area contributed by atoms with Gasteiger partial charge in [-0.3, -0.25) is 10.1 Å². The molecule has 0 bridgehead atoms. The Morgan fingerprint density at radius 2 is 2.23 bits per heavy atom. The minimum absolute atomic E-state index is 0.0439. The van der Waals surface area contributed by atoms with Crippen molar-refractivity contribution in [3.63, 3.8) is 0 Å². The molecular formula is C8H8N2O3. The van der Waals surface area contributed by atoms with Gasteiger partial charge in [-0.2, -0.15) is 0 Å². The van der Waals surface area contributed by atoms with Crippen LogP contribution in [0.1, 0.15) is 5.56 Å². The standard InChI is InChI=1S/C8H8N2O3/c11-9-6-5-7-3-1-2-4-8(7)10(12)13/h1-4,6,11H,5H2/b9-6+. The second-order valence-corrected chi connectivity index (χ2v) is 2.39. The monoisotopic (exact) mass is 180 g/mol. The smallest absolute Gasteiger partial charge is 0.272 e. The number of benzene rings is 1. The van der Waals surface area contributed by atoms with E-state index in [-0.39, 0.29) is 12.1 Å². The van der Waals surface area contributed by atoms with Gasteiger partial charge in [0.2, 0.25) is 0 Å². The zero-order valence-electron chi connectivity index (χ0n) is 6.75. The molecule has 0 aromatic heterocycles. The molecule has 1 N–H and O–H groups in total. The van der Waals surface area contributed by atoms with E-state index in [4.69, 9.17) is 5.21 Å². The molecule has 5 heteroatoms. The molecule has 0 unspecified atom stereocenters. The molecule has 68 valence electrons. The summed E-state index contributed by atoms with van der Waals surface area (Å²) in [5.41, 5.74) is 0.577. The Hall–Kier alpha value is -1.91. The van der Waals surface area contributed by atoms with E-state index >= 15 is 0 Å². The van der Waals surface area contributed by atoms with Crippen LogP contribution >= 0.6 is 0 Å². The largest absolute Gasteiger partial charge is 0.411 e. The molecule has 0 fully saturated rings. The highest BCUT2D eigenvalue weighted by atomic mass is 16.6. The highest BCUT2D eigenvalue weighted by Crippen LogP contribution is 2.17. The molecule has 0 atom stereocenters. The van der Waals surface area contributed by atoms with Crippen molar-refractivity contribution in [1.29, 1.82) is 0 Å². The third kappa shape index (κ3) is 2.26. The van der Waals surface area contributed by atoms with Gasteiger partial charge in [-0.05, 0) is 0 Å². The van der Waals surface area contributed by atoms with Crippen LogP contribution in [-0.2, 0) is 6.42 Å². The summed E-state index contributed by atoms with van der Waals surface area (Å²) in [6.07, 6.45) is 1.47. The summed E-state index contributed by atoms with van der Waals surface area (Å²) in [7, 11) is 0. The van der Waals surface area contributed by atoms with Gasteiger partial charge in [0.1, 0.15) is 0 Å². The number of para-hydroxylation sites is 1. The fourth-order valence-electron chi connectivity index (χ4n) is 1.00. The Labute approximate surface area is 74.5 Å². The van der Waals surface area contributed by atoms with E-state index in [0.29, 0.717) is 5.56 Å². The number of hydrogen-bond acceptors (Lipinski definition) is 4. The molecule has 0 radical (unpaired) electrons. The summed E-state index contributed by atoms with van der Waals surface area (Å²) in [5, 5.41) is 21.4. The molecule has 0 spiro atoms. The van der Waals surface area contributed by atoms with Crippen LogP contribution in [0.5, 0.6) is 0 Å². The fourth-order valence-corrected chi connectivity index (χ4v) is 1.00. The molecule has 13 heavy (non-hydrogen) atoms. The van der Waals surface area contributed by atoms with Crippen molar-refractivity contribution in [2.24, 2.45) is 5.16 Å². The van der Waals surface area contributed by atoms with E-state index in [2.05, 4.69) is 5.16 Å². The molecule has 1 rings (SSSR count). The first-order valence-corrected chi connectivity index (χ1v) is 3.64. The van der Waals surface area contributed by atoms with E-state index in [1.165, 1.54) is 12.3 Å². The molecule has 0 aliphatic heterocycles. The number of hydrogen-bond donors (Lipinski definition) is 1. The summed E-state index contributed by atoms with van der Waals surface area (Å²) in [6.45, 7) is 0. The molecule has 0 amide bonds. The van der Waals surface area contributed by atoms with Crippen molar-refractivity contribution in [2.45, 2.75) is 6.42 Å². The third-order valence-corrected chi connectivity index (χ3v) is 1.58. The Morgan fingerprint density at radius 1 is 1.54 bits per heavy atom. The van der Waals surface area contributed by atoms with Crippen molar-refractivity contribution in [1.82, 2.24) is 0 Å². The second-order valence-electron chi connectivity index (χ2n) is 2.39. The van der Waals surface area contributed by atoms with Crippen LogP contribution in [0.4, 0.5) is 5.69 Å². The zero-order valence-corrected chi connectivity index (χ0v) is 6.75. The van der Waals surface area contributed by atoms with Crippen molar-refractivity contribution in [3.8, 4) is 0 Å². The maximum absolute atomic E-state index is 10.5. The average Bonchev–Trinajstić information content (AvgIpc) is 2.15. The molecule has 0 saturated heterocycles. The van der Waals surface area contributed by atoms with E-state index in [9.17, 15) is 10.1 Å². The summed E-state index contributed by atoms with van der Waals surface area (Å²) in [5.74, 6) is 0. The predicted molar refractivity (Wildman–Crippen MR) is 47.1 cm³/mol. The van der Waals surface area contributed by atoms with Crippen LogP contribution in [0.2, 0.25) is 0 Å². The lowest BCUT2D eigenvalue weighted by molar-refractivity contribution is -0.385. The highest BCUT2D eigenvalue weighted by molar-refractivity contribution is 5.63. The minimum atomic E-state index is -0.458. The van der Waals surface area contributed by atoms with Gasteiger partial charge >= 0.3 is 0 Å². The van der Waals surface area contributed by atoms with Crippen LogP contribution in [0, 0.1) is 10.1 Å². The summed E-state index contributed by atoms with van der Waals surface area (Å²) in [4.78, 5) is 10.0. The van der Waals surface area contributed by atoms with Gasteiger partial charge in [-0.25, -0.2) is 0 Å². The molecule has 1 aromatic rings. The lowest BCUT2D eigenvalue weighted by Gasteiger charge is -1.96. The van der Waals surface area contributed by atoms with Gasteiger partial charge in [0.15, 0.2) is 0 Å². The van der Waals surface area contributed by atoms with Crippen LogP contribution in [-0.4, -0.2) is 16.3 Å². The van der Waals surface area contributed by atoms with Crippen molar-refractivity contribution >= 4 is 11.9 Å². The molecule has 0 saturated carbocycles. The number of nitrogens with zero attached hydrogens (tertiary/aromatic N) is 2. The van der Waals surface area contributed by atoms with Crippen LogP contribution in [0.15, 0.2) is 29.4 Å². The first-order valence-electron chi connectivity index (χ1n) is 3.64. The summed E-state index contributed by atoms with van der Waals surface area (Å²) in [6, 6.07) is 6.34. The predicted octanol–water partition coefficient (Wildman–Crippen LogP) is 1.60. The number of nitro groups is 1. The van der Waals surface area contributed by atoms with E-state index in [1.807, 2.05) is 0 Å². The highest BCUT2D eigenvalue weighted by Gasteiger charge is 2.10. The van der Waals surface area contributed by atoms with Gasteiger partial charge in [0.05, 0.1) is 4.92 Å². The molecule has 0 aliphatic rings. The first-order chi connectivity index (χ1) is 6.25. The van der Waals surface area contributed by atoms with Crippen LogP contribution in [0.25, 0.3) is 0 Å². The molecule has 5 nitrogen and oxygen atoms in total. The number of rotatable bonds is 3. The lowest BCUT2D eigenvalue weighted by Crippen LogP contribution is -1.95. The number of nitro benzene ring substituents is 1. The first kappa shape index (κ1) is 9.18. The maximum atomic E-state index is 10.5. The van der Waals surface area contributed by atoms with E-state index in [1.54, 1.807) is 18.2 Å². The molecular weight excluding hydrogens is 172 g/mol. The minimum Gasteiger partial charge on any atom is -0.411 e. The average molecular weight is 180 g/mol. The van der Waals surface area contributed by atoms with Crippen LogP contribution in [0.3, 0.4) is 0 Å². The Kier molecular flexibility index (Phi) is 2.97. The molecule has 0 heterocycles. The number of oxime groups is 1. The summed E-state index contributed by atoms with van der Waals surface area (Å²) >= 11 is 0. The fraction of sp³-hybridized carbons (Fsp3) is 0.125. The van der Waals surface area contributed by atoms with E-state index < -0.39 is 4.92 Å². The van der Waals surface area contributed by atoms with E-state index in [0.717, 1.165) is 0 Å². The van der Waals surface area contributed by atoms with Gasteiger partial charge < -0.3 is 5.21 Å². The maximum Gasteiger partial charge on any atom is 0.272 e. The van der Waals surface area contributed by atoms with Gasteiger partial charge in [-0.15, -0.1) is 5.16 Å². The summed E-state index contributed by atoms with van der Waals surface area (Å²) < 4.78 is 0. The topological polar surface area (TPSA) is 75.7 Å². The third-order valence-electron chi connectivity index (χ3n) is 1.58. The Morgan fingerprint density at radius 3 is 2.85 bits per heavy atom. The van der Waals surface area contributed by atoms with Crippen molar-refractivity contribution < 1.29 is 10.1 Å². The SMILES string of the molecule is O=[N+]([O-])c1ccccc1C/C=N/O. The van der Waals surface area contributed by atoms with Gasteiger partial charge in [0, 0.05) is 24.3 Å². The quantitative estimate of drug-likeness (QED) is 0.332. The zero-order chi connectivity index (χ0) is 9.68. The molecule has 0 aliphatic carbocycles.